The van der Waals surface area contributed by atoms with Crippen molar-refractivity contribution >= 4 is 6.29 Å². The number of aldehydes is 1. The molecule has 3 N–H and O–H groups in total. The van der Waals surface area contributed by atoms with Crippen LogP contribution in [0.2, 0.25) is 0 Å². The molecule has 14 heavy (non-hydrogen) atoms. The lowest BCUT2D eigenvalue weighted by Gasteiger charge is -2.14. The van der Waals surface area contributed by atoms with E-state index >= 15 is 0 Å². The molecule has 0 saturated carbocycles. The zero-order valence-electron chi connectivity index (χ0n) is 7.80. The SMILES string of the molecule is CNCC(O)C(O)c1ccc(C=O)o1. The lowest BCUT2D eigenvalue weighted by Crippen LogP contribution is -2.29. The average molecular weight is 199 g/mol. The molecule has 0 aliphatic heterocycles. The van der Waals surface area contributed by atoms with Gasteiger partial charge in [-0.05, 0) is 19.2 Å². The first-order valence-electron chi connectivity index (χ1n) is 4.24. The van der Waals surface area contributed by atoms with Gasteiger partial charge in [-0.2, -0.15) is 0 Å². The standard InChI is InChI=1S/C9H13NO4/c1-10-4-7(12)9(13)8-3-2-6(5-11)14-8/h2-3,5,7,9-10,12-13H,4H2,1H3. The summed E-state index contributed by atoms with van der Waals surface area (Å²) in [6, 6.07) is 2.91. The van der Waals surface area contributed by atoms with Crippen molar-refractivity contribution < 1.29 is 19.4 Å². The van der Waals surface area contributed by atoms with Gasteiger partial charge in [-0.1, -0.05) is 0 Å². The van der Waals surface area contributed by atoms with Gasteiger partial charge < -0.3 is 19.9 Å². The topological polar surface area (TPSA) is 82.7 Å². The molecule has 78 valence electrons. The lowest BCUT2D eigenvalue weighted by atomic mass is 10.1. The Kier molecular flexibility index (Phi) is 3.82. The molecule has 1 aromatic rings. The van der Waals surface area contributed by atoms with Crippen molar-refractivity contribution in [2.24, 2.45) is 0 Å². The molecule has 0 aromatic carbocycles. The Hall–Kier alpha value is -1.17. The van der Waals surface area contributed by atoms with Crippen molar-refractivity contribution in [1.29, 1.82) is 0 Å². The largest absolute Gasteiger partial charge is 0.455 e. The van der Waals surface area contributed by atoms with Gasteiger partial charge in [0.05, 0.1) is 6.10 Å². The van der Waals surface area contributed by atoms with Gasteiger partial charge in [-0.15, -0.1) is 0 Å². The molecule has 5 nitrogen and oxygen atoms in total. The summed E-state index contributed by atoms with van der Waals surface area (Å²) < 4.78 is 4.96. The zero-order valence-corrected chi connectivity index (χ0v) is 7.80. The highest BCUT2D eigenvalue weighted by Crippen LogP contribution is 2.18. The fourth-order valence-corrected chi connectivity index (χ4v) is 1.10. The second-order valence-electron chi connectivity index (χ2n) is 2.93. The summed E-state index contributed by atoms with van der Waals surface area (Å²) in [5.74, 6) is 0.325. The monoisotopic (exact) mass is 199 g/mol. The third kappa shape index (κ3) is 2.41. The van der Waals surface area contributed by atoms with Crippen LogP contribution in [0.25, 0.3) is 0 Å². The Bertz CT molecular complexity index is 297. The summed E-state index contributed by atoms with van der Waals surface area (Å²) in [5, 5.41) is 21.6. The van der Waals surface area contributed by atoms with Gasteiger partial charge >= 0.3 is 0 Å². The van der Waals surface area contributed by atoms with E-state index in [0.717, 1.165) is 0 Å². The Balaban J connectivity index is 2.67. The van der Waals surface area contributed by atoms with Crippen LogP contribution in [0, 0.1) is 0 Å². The highest BCUT2D eigenvalue weighted by molar-refractivity contribution is 5.70. The zero-order chi connectivity index (χ0) is 10.6. The van der Waals surface area contributed by atoms with Gasteiger partial charge in [0.2, 0.25) is 0 Å². The molecular formula is C9H13NO4. The number of hydrogen-bond donors (Lipinski definition) is 3. The molecule has 1 aromatic heterocycles. The molecule has 2 unspecified atom stereocenters. The van der Waals surface area contributed by atoms with Crippen LogP contribution < -0.4 is 5.32 Å². The van der Waals surface area contributed by atoms with Gasteiger partial charge in [0.15, 0.2) is 12.0 Å². The second-order valence-corrected chi connectivity index (χ2v) is 2.93. The first-order valence-corrected chi connectivity index (χ1v) is 4.24. The minimum atomic E-state index is -1.11. The van der Waals surface area contributed by atoms with E-state index in [1.54, 1.807) is 7.05 Å². The van der Waals surface area contributed by atoms with Gasteiger partial charge in [-0.25, -0.2) is 0 Å². The molecule has 0 spiro atoms. The molecule has 5 heteroatoms. The van der Waals surface area contributed by atoms with Gasteiger partial charge in [0.25, 0.3) is 0 Å². The summed E-state index contributed by atoms with van der Waals surface area (Å²) in [6.45, 7) is 0.248. The van der Waals surface area contributed by atoms with Crippen molar-refractivity contribution in [3.8, 4) is 0 Å². The van der Waals surface area contributed by atoms with Crippen LogP contribution in [0.4, 0.5) is 0 Å². The maximum Gasteiger partial charge on any atom is 0.185 e. The summed E-state index contributed by atoms with van der Waals surface area (Å²) >= 11 is 0. The Labute approximate surface area is 81.4 Å². The molecular weight excluding hydrogens is 186 g/mol. The molecule has 1 heterocycles. The fourth-order valence-electron chi connectivity index (χ4n) is 1.10. The highest BCUT2D eigenvalue weighted by atomic mass is 16.4. The van der Waals surface area contributed by atoms with Crippen LogP contribution in [0.15, 0.2) is 16.5 Å². The third-order valence-electron chi connectivity index (χ3n) is 1.83. The highest BCUT2D eigenvalue weighted by Gasteiger charge is 2.20. The number of nitrogens with one attached hydrogen (secondary N) is 1. The predicted octanol–water partition coefficient (Wildman–Crippen LogP) is -0.294. The van der Waals surface area contributed by atoms with Crippen LogP contribution in [0.1, 0.15) is 22.4 Å². The molecule has 0 aliphatic carbocycles. The fraction of sp³-hybridized carbons (Fsp3) is 0.444. The quantitative estimate of drug-likeness (QED) is 0.567. The van der Waals surface area contributed by atoms with Gasteiger partial charge in [0.1, 0.15) is 11.9 Å². The summed E-state index contributed by atoms with van der Waals surface area (Å²) in [5.41, 5.74) is 0. The van der Waals surface area contributed by atoms with E-state index in [-0.39, 0.29) is 18.1 Å². The molecule has 0 amide bonds. The number of aliphatic hydroxyl groups excluding tert-OH is 2. The normalized spacial score (nSPS) is 15.1. The number of furan rings is 1. The van der Waals surface area contributed by atoms with Crippen molar-refractivity contribution in [3.05, 3.63) is 23.7 Å². The molecule has 0 fully saturated rings. The number of carbonyl (C=O) groups is 1. The average Bonchev–Trinajstić information content (AvgIpc) is 2.65. The van der Waals surface area contributed by atoms with E-state index in [1.807, 2.05) is 0 Å². The third-order valence-corrected chi connectivity index (χ3v) is 1.83. The number of likely N-dealkylation sites (N-methyl/N-ethyl adjacent to an activating group) is 1. The number of hydrogen-bond acceptors (Lipinski definition) is 5. The van der Waals surface area contributed by atoms with Crippen molar-refractivity contribution in [3.63, 3.8) is 0 Å². The van der Waals surface area contributed by atoms with Crippen molar-refractivity contribution in [1.82, 2.24) is 5.32 Å². The van der Waals surface area contributed by atoms with Crippen molar-refractivity contribution in [2.75, 3.05) is 13.6 Å². The molecule has 2 atom stereocenters. The van der Waals surface area contributed by atoms with Crippen LogP contribution >= 0.6 is 0 Å². The van der Waals surface area contributed by atoms with E-state index < -0.39 is 12.2 Å². The smallest absolute Gasteiger partial charge is 0.185 e. The lowest BCUT2D eigenvalue weighted by molar-refractivity contribution is 0.00702. The molecule has 0 bridgehead atoms. The van der Waals surface area contributed by atoms with Crippen LogP contribution in [-0.2, 0) is 0 Å². The summed E-state index contributed by atoms with van der Waals surface area (Å²) in [6.07, 6.45) is -1.53. The molecule has 0 radical (unpaired) electrons. The van der Waals surface area contributed by atoms with E-state index in [1.165, 1.54) is 12.1 Å². The number of carbonyl (C=O) groups excluding carboxylic acids is 1. The second kappa shape index (κ2) is 4.90. The predicted molar refractivity (Wildman–Crippen MR) is 49.0 cm³/mol. The molecule has 1 rings (SSSR count). The number of rotatable bonds is 5. The Morgan fingerprint density at radius 2 is 2.29 bits per heavy atom. The number of aliphatic hydroxyl groups is 2. The van der Waals surface area contributed by atoms with E-state index in [2.05, 4.69) is 5.32 Å². The Morgan fingerprint density at radius 3 is 2.79 bits per heavy atom. The molecule has 0 saturated heterocycles. The Morgan fingerprint density at radius 1 is 1.57 bits per heavy atom. The first kappa shape index (κ1) is 10.9. The summed E-state index contributed by atoms with van der Waals surface area (Å²) in [7, 11) is 1.66. The van der Waals surface area contributed by atoms with Crippen molar-refractivity contribution in [2.45, 2.75) is 12.2 Å². The van der Waals surface area contributed by atoms with E-state index in [4.69, 9.17) is 4.42 Å². The molecule has 0 aliphatic rings. The maximum atomic E-state index is 10.3. The van der Waals surface area contributed by atoms with Crippen LogP contribution in [-0.4, -0.2) is 36.2 Å². The maximum absolute atomic E-state index is 10.3. The van der Waals surface area contributed by atoms with Gasteiger partial charge in [-0.3, -0.25) is 4.79 Å². The first-order chi connectivity index (χ1) is 6.69. The van der Waals surface area contributed by atoms with Gasteiger partial charge in [0, 0.05) is 6.54 Å². The van der Waals surface area contributed by atoms with Crippen LogP contribution in [0.5, 0.6) is 0 Å². The van der Waals surface area contributed by atoms with Crippen LogP contribution in [0.3, 0.4) is 0 Å². The minimum absolute atomic E-state index is 0.135. The van der Waals surface area contributed by atoms with E-state index in [9.17, 15) is 15.0 Å². The van der Waals surface area contributed by atoms with E-state index in [0.29, 0.717) is 6.29 Å². The minimum Gasteiger partial charge on any atom is -0.455 e. The summed E-state index contributed by atoms with van der Waals surface area (Å²) in [4.78, 5) is 10.3.